The summed E-state index contributed by atoms with van der Waals surface area (Å²) < 4.78 is 0.938. The van der Waals surface area contributed by atoms with Gasteiger partial charge in [-0.1, -0.05) is 28.1 Å². The van der Waals surface area contributed by atoms with E-state index in [1.807, 2.05) is 18.2 Å². The Morgan fingerprint density at radius 2 is 2.17 bits per heavy atom. The quantitative estimate of drug-likeness (QED) is 0.806. The van der Waals surface area contributed by atoms with Crippen LogP contribution >= 0.6 is 15.9 Å². The number of Topliss-reactive ketones (excluding diaryl/α,β-unsaturated/α-hetero) is 1. The van der Waals surface area contributed by atoms with Gasteiger partial charge in [0.05, 0.1) is 31.1 Å². The number of benzene rings is 1. The van der Waals surface area contributed by atoms with Crippen LogP contribution in [-0.4, -0.2) is 30.1 Å². The Morgan fingerprint density at radius 3 is 2.83 bits per heavy atom. The van der Waals surface area contributed by atoms with E-state index in [1.165, 1.54) is 6.20 Å². The number of nitriles is 1. The van der Waals surface area contributed by atoms with Crippen molar-refractivity contribution in [3.05, 3.63) is 46.1 Å². The van der Waals surface area contributed by atoms with Crippen molar-refractivity contribution >= 4 is 28.1 Å². The van der Waals surface area contributed by atoms with E-state index in [1.54, 1.807) is 23.4 Å². The molecule has 0 atom stereocenters. The highest BCUT2D eigenvalue weighted by Gasteiger charge is 2.13. The van der Waals surface area contributed by atoms with Gasteiger partial charge in [0.1, 0.15) is 0 Å². The van der Waals surface area contributed by atoms with Crippen LogP contribution < -0.4 is 0 Å². The Bertz CT molecular complexity index is 555. The number of carbonyl (C=O) groups is 1. The number of hydrogen-bond donors (Lipinski definition) is 0. The highest BCUT2D eigenvalue weighted by molar-refractivity contribution is 9.10. The zero-order valence-corrected chi connectivity index (χ0v) is 11.1. The summed E-state index contributed by atoms with van der Waals surface area (Å²) in [6.45, 7) is 0.659. The van der Waals surface area contributed by atoms with Gasteiger partial charge in [0.25, 0.3) is 0 Å². The minimum absolute atomic E-state index is 0.00754. The number of halogens is 1. The molecule has 0 saturated carbocycles. The number of carbonyl (C=O) groups excluding carboxylic acids is 1. The summed E-state index contributed by atoms with van der Waals surface area (Å²) in [6.07, 6.45) is 3.10. The van der Waals surface area contributed by atoms with Crippen LogP contribution in [0, 0.1) is 11.3 Å². The van der Waals surface area contributed by atoms with E-state index in [4.69, 9.17) is 5.26 Å². The van der Waals surface area contributed by atoms with E-state index in [-0.39, 0.29) is 12.3 Å². The molecule has 0 amide bonds. The maximum Gasteiger partial charge on any atom is 0.182 e. The summed E-state index contributed by atoms with van der Waals surface area (Å²) in [5.41, 5.74) is 1.21. The maximum absolute atomic E-state index is 12.0. The fourth-order valence-corrected chi connectivity index (χ4v) is 1.85. The predicted octanol–water partition coefficient (Wildman–Crippen LogP) is 2.38. The first-order valence-electron chi connectivity index (χ1n) is 5.34. The van der Waals surface area contributed by atoms with Gasteiger partial charge in [0.2, 0.25) is 0 Å². The van der Waals surface area contributed by atoms with Crippen LogP contribution in [0.1, 0.15) is 10.4 Å². The zero-order valence-electron chi connectivity index (χ0n) is 9.51. The van der Waals surface area contributed by atoms with Crippen LogP contribution in [0.3, 0.4) is 0 Å². The van der Waals surface area contributed by atoms with Crippen LogP contribution in [0.5, 0.6) is 0 Å². The Morgan fingerprint density at radius 1 is 1.44 bits per heavy atom. The third kappa shape index (κ3) is 3.05. The number of ketones is 1. The second-order valence-corrected chi connectivity index (χ2v) is 4.78. The molecule has 1 aliphatic heterocycles. The molecular weight excluding hydrogens is 294 g/mol. The molecule has 0 unspecified atom stereocenters. The molecule has 1 aromatic rings. The molecule has 1 aromatic carbocycles. The van der Waals surface area contributed by atoms with Gasteiger partial charge in [-0.2, -0.15) is 5.26 Å². The molecule has 0 aliphatic carbocycles. The van der Waals surface area contributed by atoms with Crippen molar-refractivity contribution in [3.8, 4) is 6.07 Å². The van der Waals surface area contributed by atoms with Crippen molar-refractivity contribution in [3.63, 3.8) is 0 Å². The summed E-state index contributed by atoms with van der Waals surface area (Å²) >= 11 is 3.32. The van der Waals surface area contributed by atoms with Crippen LogP contribution in [-0.2, 0) is 0 Å². The van der Waals surface area contributed by atoms with E-state index < -0.39 is 0 Å². The van der Waals surface area contributed by atoms with Crippen molar-refractivity contribution in [2.75, 3.05) is 13.1 Å². The standard InChI is InChI=1S/C13H10BrN3O/c14-12-3-1-11(2-4-12)13(18)8-17-7-10(5-15)6-16-9-17/h1-4,6,9H,7-8H2. The maximum atomic E-state index is 12.0. The van der Waals surface area contributed by atoms with E-state index in [9.17, 15) is 4.79 Å². The molecule has 1 heterocycles. The molecule has 0 spiro atoms. The number of aliphatic imine (C=N–C) groups is 1. The summed E-state index contributed by atoms with van der Waals surface area (Å²) in [6, 6.07) is 9.25. The van der Waals surface area contributed by atoms with Gasteiger partial charge < -0.3 is 4.90 Å². The van der Waals surface area contributed by atoms with Gasteiger partial charge in [0, 0.05) is 16.2 Å². The summed E-state index contributed by atoms with van der Waals surface area (Å²) in [4.78, 5) is 17.7. The smallest absolute Gasteiger partial charge is 0.182 e. The molecule has 18 heavy (non-hydrogen) atoms. The molecule has 4 nitrogen and oxygen atoms in total. The van der Waals surface area contributed by atoms with E-state index in [0.717, 1.165) is 4.47 Å². The van der Waals surface area contributed by atoms with Crippen LogP contribution in [0.2, 0.25) is 0 Å². The van der Waals surface area contributed by atoms with Crippen LogP contribution in [0.15, 0.2) is 45.5 Å². The molecule has 0 aromatic heterocycles. The molecule has 0 bridgehead atoms. The van der Waals surface area contributed by atoms with Gasteiger partial charge in [-0.3, -0.25) is 4.79 Å². The van der Waals surface area contributed by atoms with Crippen molar-refractivity contribution in [2.24, 2.45) is 4.99 Å². The third-order valence-electron chi connectivity index (χ3n) is 2.49. The van der Waals surface area contributed by atoms with E-state index in [2.05, 4.69) is 20.9 Å². The summed E-state index contributed by atoms with van der Waals surface area (Å²) in [5.74, 6) is 0.00754. The lowest BCUT2D eigenvalue weighted by molar-refractivity contribution is 0.0967. The Balaban J connectivity index is 2.01. The van der Waals surface area contributed by atoms with Crippen molar-refractivity contribution in [1.82, 2.24) is 4.90 Å². The molecule has 90 valence electrons. The van der Waals surface area contributed by atoms with Crippen LogP contribution in [0.25, 0.3) is 0 Å². The normalized spacial score (nSPS) is 14.0. The van der Waals surface area contributed by atoms with Gasteiger partial charge in [-0.05, 0) is 12.1 Å². The van der Waals surface area contributed by atoms with E-state index >= 15 is 0 Å². The fraction of sp³-hybridized carbons (Fsp3) is 0.154. The first kappa shape index (κ1) is 12.5. The molecular formula is C13H10BrN3O. The third-order valence-corrected chi connectivity index (χ3v) is 3.02. The van der Waals surface area contributed by atoms with Gasteiger partial charge in [-0.25, -0.2) is 4.99 Å². The second-order valence-electron chi connectivity index (χ2n) is 3.87. The minimum Gasteiger partial charge on any atom is -0.350 e. The molecule has 2 rings (SSSR count). The van der Waals surface area contributed by atoms with Gasteiger partial charge in [-0.15, -0.1) is 0 Å². The largest absolute Gasteiger partial charge is 0.350 e. The minimum atomic E-state index is 0.00754. The monoisotopic (exact) mass is 303 g/mol. The first-order valence-corrected chi connectivity index (χ1v) is 6.13. The molecule has 0 fully saturated rings. The Hall–Kier alpha value is -1.93. The van der Waals surface area contributed by atoms with Crippen molar-refractivity contribution < 1.29 is 4.79 Å². The lowest BCUT2D eigenvalue weighted by atomic mass is 10.1. The molecule has 0 saturated heterocycles. The fourth-order valence-electron chi connectivity index (χ4n) is 1.59. The Labute approximate surface area is 113 Å². The lowest BCUT2D eigenvalue weighted by Crippen LogP contribution is -2.31. The lowest BCUT2D eigenvalue weighted by Gasteiger charge is -2.20. The number of hydrogen-bond acceptors (Lipinski definition) is 4. The summed E-state index contributed by atoms with van der Waals surface area (Å²) in [7, 11) is 0. The summed E-state index contributed by atoms with van der Waals surface area (Å²) in [5, 5.41) is 8.78. The van der Waals surface area contributed by atoms with Crippen molar-refractivity contribution in [1.29, 1.82) is 5.26 Å². The average molecular weight is 304 g/mol. The SMILES string of the molecule is N#CC1=CN=CN(CC(=O)c2ccc(Br)cc2)C1. The van der Waals surface area contributed by atoms with Crippen molar-refractivity contribution in [2.45, 2.75) is 0 Å². The van der Waals surface area contributed by atoms with Gasteiger partial charge >= 0.3 is 0 Å². The van der Waals surface area contributed by atoms with Gasteiger partial charge in [0.15, 0.2) is 5.78 Å². The number of nitrogens with zero attached hydrogens (tertiary/aromatic N) is 3. The zero-order chi connectivity index (χ0) is 13.0. The number of rotatable bonds is 3. The topological polar surface area (TPSA) is 56.5 Å². The highest BCUT2D eigenvalue weighted by Crippen LogP contribution is 2.12. The van der Waals surface area contributed by atoms with Crippen LogP contribution in [0.4, 0.5) is 0 Å². The van der Waals surface area contributed by atoms with E-state index in [0.29, 0.717) is 17.7 Å². The average Bonchev–Trinajstić information content (AvgIpc) is 2.39. The second kappa shape index (κ2) is 5.61. The predicted molar refractivity (Wildman–Crippen MR) is 72.2 cm³/mol. The molecule has 0 radical (unpaired) electrons. The first-order chi connectivity index (χ1) is 8.69. The highest BCUT2D eigenvalue weighted by atomic mass is 79.9. The molecule has 1 aliphatic rings. The molecule has 0 N–H and O–H groups in total. The Kier molecular flexibility index (Phi) is 3.90. The molecule has 5 heteroatoms.